The van der Waals surface area contributed by atoms with Gasteiger partial charge in [-0.2, -0.15) is 0 Å². The molecule has 0 saturated carbocycles. The summed E-state index contributed by atoms with van der Waals surface area (Å²) in [5.41, 5.74) is 0. The van der Waals surface area contributed by atoms with Crippen molar-refractivity contribution in [3.8, 4) is 0 Å². The minimum absolute atomic E-state index is 0. The van der Waals surface area contributed by atoms with Gasteiger partial charge in [-0.3, -0.25) is 0 Å². The first-order valence-electron chi connectivity index (χ1n) is 0. The van der Waals surface area contributed by atoms with Crippen LogP contribution in [0.2, 0.25) is 0 Å². The number of hydrogen-bond acceptors (Lipinski definition) is 0. The Bertz CT molecular complexity index is 8.00. The third-order valence-electron chi connectivity index (χ3n) is 0. The zero-order chi connectivity index (χ0) is 0. The summed E-state index contributed by atoms with van der Waals surface area (Å²) in [6.45, 7) is 0. The van der Waals surface area contributed by atoms with Gasteiger partial charge in [0.15, 0.2) is 0 Å². The summed E-state index contributed by atoms with van der Waals surface area (Å²) in [4.78, 5) is 0. The molecule has 0 aliphatic carbocycles. The van der Waals surface area contributed by atoms with Crippen molar-refractivity contribution in [2.75, 3.05) is 0 Å². The summed E-state index contributed by atoms with van der Waals surface area (Å²) in [7, 11) is 0. The maximum absolute atomic E-state index is 0. The first kappa shape index (κ1) is 24.4. The summed E-state index contributed by atoms with van der Waals surface area (Å²) in [5, 5.41) is 0. The van der Waals surface area contributed by atoms with Crippen LogP contribution in [-0.2, 0) is 36.5 Å². The monoisotopic (exact) mass is 209 g/mol. The summed E-state index contributed by atoms with van der Waals surface area (Å²) in [5.74, 6) is 0. The van der Waals surface area contributed by atoms with Crippen LogP contribution >= 0.6 is 0 Å². The van der Waals surface area contributed by atoms with E-state index < -0.39 is 0 Å². The van der Waals surface area contributed by atoms with E-state index in [1.165, 1.54) is 0 Å². The van der Waals surface area contributed by atoms with Crippen molar-refractivity contribution < 1.29 is 36.5 Å². The Balaban J connectivity index is 0. The van der Waals surface area contributed by atoms with Crippen molar-refractivity contribution in [2.45, 2.75) is 0 Å². The van der Waals surface area contributed by atoms with Crippen LogP contribution in [0.4, 0.5) is 0 Å². The molecule has 0 nitrogen and oxygen atoms in total. The van der Waals surface area contributed by atoms with E-state index in [-0.39, 0.29) is 126 Å². The van der Waals surface area contributed by atoms with Crippen LogP contribution in [0.5, 0.6) is 0 Å². The maximum atomic E-state index is 0. The number of hydrogen-bond donors (Lipinski definition) is 0. The molecular formula is H3CaCuKZn. The number of rotatable bonds is 0. The molecule has 0 aromatic rings. The fourth-order valence-corrected chi connectivity index (χ4v) is 0. The van der Waals surface area contributed by atoms with Crippen LogP contribution in [0, 0.1) is 0 Å². The molecule has 0 saturated heterocycles. The second kappa shape index (κ2) is 15.7. The molecule has 1 radical (unpaired) electrons. The van der Waals surface area contributed by atoms with Crippen molar-refractivity contribution in [2.24, 2.45) is 0 Å². The van der Waals surface area contributed by atoms with Crippen LogP contribution in [0.15, 0.2) is 0 Å². The predicted octanol–water partition coefficient (Wildman–Crippen LogP) is -1.57. The summed E-state index contributed by atoms with van der Waals surface area (Å²) < 4.78 is 0. The molecule has 0 rings (SSSR count). The van der Waals surface area contributed by atoms with Gasteiger partial charge in [0.05, 0.1) is 0 Å². The van der Waals surface area contributed by atoms with Gasteiger partial charge in [0.2, 0.25) is 0 Å². The summed E-state index contributed by atoms with van der Waals surface area (Å²) >= 11 is 0. The molecule has 0 aromatic carbocycles. The average Bonchev–Trinajstić information content (AvgIpc) is 0. The molecule has 0 aromatic heterocycles. The van der Waals surface area contributed by atoms with Gasteiger partial charge in [-0.1, -0.05) is 0 Å². The van der Waals surface area contributed by atoms with E-state index >= 15 is 0 Å². The minimum atomic E-state index is 0. The fourth-order valence-electron chi connectivity index (χ4n) is 0. The minimum Gasteiger partial charge on any atom is 0 e. The first-order valence-corrected chi connectivity index (χ1v) is 0. The standard InChI is InChI=1S/Ca.Cu.K.Zn.3H. The van der Waals surface area contributed by atoms with Crippen molar-refractivity contribution in [3.63, 3.8) is 0 Å². The van der Waals surface area contributed by atoms with E-state index in [2.05, 4.69) is 0 Å². The van der Waals surface area contributed by atoms with E-state index in [0.29, 0.717) is 0 Å². The molecule has 0 atom stereocenters. The Labute approximate surface area is 122 Å². The largest absolute Gasteiger partial charge is 0 e. The van der Waals surface area contributed by atoms with Gasteiger partial charge in [-0.05, 0) is 0 Å². The fraction of sp³-hybridized carbons (Fsp3) is 0. The van der Waals surface area contributed by atoms with Crippen LogP contribution in [0.3, 0.4) is 0 Å². The Morgan fingerprint density at radius 3 is 1.00 bits per heavy atom. The maximum Gasteiger partial charge on any atom is 0 e. The van der Waals surface area contributed by atoms with Gasteiger partial charge in [0, 0.05) is 36.5 Å². The topological polar surface area (TPSA) is 0 Å². The summed E-state index contributed by atoms with van der Waals surface area (Å²) in [6, 6.07) is 0. The molecular weight excluding hydrogens is 208 g/mol. The Kier molecular flexibility index (Phi) is 96.1. The van der Waals surface area contributed by atoms with Crippen LogP contribution < -0.4 is 0 Å². The van der Waals surface area contributed by atoms with Gasteiger partial charge >= 0.3 is 89.1 Å². The zero-order valence-corrected chi connectivity index (χ0v) is 4.92. The molecule has 19 valence electrons. The average molecular weight is 211 g/mol. The quantitative estimate of drug-likeness (QED) is 0.425. The van der Waals surface area contributed by atoms with Crippen molar-refractivity contribution in [3.05, 3.63) is 0 Å². The van der Waals surface area contributed by atoms with Gasteiger partial charge in [-0.15, -0.1) is 0 Å². The van der Waals surface area contributed by atoms with Crippen LogP contribution in [-0.4, -0.2) is 89.1 Å². The molecule has 0 amide bonds. The molecule has 4 heavy (non-hydrogen) atoms. The molecule has 4 heteroatoms. The van der Waals surface area contributed by atoms with Crippen molar-refractivity contribution in [1.29, 1.82) is 0 Å². The third-order valence-corrected chi connectivity index (χ3v) is 0. The SMILES string of the molecule is [CaH2].[Cu].[KH].[Zn]. The normalized spacial score (nSPS) is 0. The smallest absolute Gasteiger partial charge is 0 e. The molecule has 0 aliphatic heterocycles. The second-order valence-electron chi connectivity index (χ2n) is 0. The molecule has 0 bridgehead atoms. The molecule has 0 unspecified atom stereocenters. The van der Waals surface area contributed by atoms with Crippen LogP contribution in [0.1, 0.15) is 0 Å². The van der Waals surface area contributed by atoms with Gasteiger partial charge in [0.25, 0.3) is 0 Å². The van der Waals surface area contributed by atoms with E-state index in [1.54, 1.807) is 0 Å². The zero-order valence-electron chi connectivity index (χ0n) is 1.01. The van der Waals surface area contributed by atoms with Gasteiger partial charge in [0.1, 0.15) is 0 Å². The van der Waals surface area contributed by atoms with E-state index in [0.717, 1.165) is 0 Å². The molecule has 0 aliphatic rings. The molecule has 0 N–H and O–H groups in total. The predicted molar refractivity (Wildman–Crippen MR) is 15.7 cm³/mol. The van der Waals surface area contributed by atoms with Gasteiger partial charge in [-0.25, -0.2) is 0 Å². The molecule has 0 fully saturated rings. The van der Waals surface area contributed by atoms with Crippen molar-refractivity contribution in [1.82, 2.24) is 0 Å². The third kappa shape index (κ3) is 9.40. The Morgan fingerprint density at radius 2 is 1.00 bits per heavy atom. The first-order chi connectivity index (χ1) is 0. The van der Waals surface area contributed by atoms with Crippen LogP contribution in [0.25, 0.3) is 0 Å². The second-order valence-corrected chi connectivity index (χ2v) is 0. The molecule has 0 spiro atoms. The molecule has 0 heterocycles. The van der Waals surface area contributed by atoms with E-state index in [4.69, 9.17) is 0 Å². The summed E-state index contributed by atoms with van der Waals surface area (Å²) in [6.07, 6.45) is 0. The Morgan fingerprint density at radius 1 is 1.00 bits per heavy atom. The van der Waals surface area contributed by atoms with Gasteiger partial charge < -0.3 is 0 Å². The Hall–Kier alpha value is 4.04. The van der Waals surface area contributed by atoms with E-state index in [1.807, 2.05) is 0 Å². The van der Waals surface area contributed by atoms with Crippen molar-refractivity contribution >= 4 is 89.1 Å². The van der Waals surface area contributed by atoms with E-state index in [9.17, 15) is 0 Å².